The number of carbonyl (C=O) groups excluding carboxylic acids is 11. The number of hydrogen-bond acceptors (Lipinski definition) is 29. The molecule has 0 fully saturated rings. The van der Waals surface area contributed by atoms with Crippen molar-refractivity contribution >= 4 is 113 Å². The quantitative estimate of drug-likeness (QED) is 0.00992. The number of rotatable bonds is 52. The lowest BCUT2D eigenvalue weighted by Gasteiger charge is -2.28. The Bertz CT molecular complexity index is 4760. The van der Waals surface area contributed by atoms with Gasteiger partial charge in [-0.2, -0.15) is 0 Å². The van der Waals surface area contributed by atoms with E-state index in [4.69, 9.17) is 83.0 Å². The van der Waals surface area contributed by atoms with E-state index in [1.165, 1.54) is 24.5 Å². The molecule has 0 atom stereocenters. The Hall–Kier alpha value is -13.8. The molecule has 0 spiro atoms. The molecule has 4 aromatic rings. The Morgan fingerprint density at radius 3 is 0.779 bits per heavy atom. The number of nitrogens with two attached hydrogens (primary N) is 12. The van der Waals surface area contributed by atoms with Gasteiger partial charge < -0.3 is 124 Å². The molecule has 828 valence electrons. The van der Waals surface area contributed by atoms with Crippen molar-refractivity contribution in [2.75, 3.05) is 197 Å². The van der Waals surface area contributed by atoms with Crippen molar-refractivity contribution in [3.05, 3.63) is 142 Å². The van der Waals surface area contributed by atoms with Crippen molar-refractivity contribution in [1.29, 1.82) is 0 Å². The van der Waals surface area contributed by atoms with Gasteiger partial charge in [0.2, 0.25) is 11.9 Å². The van der Waals surface area contributed by atoms with Crippen molar-refractivity contribution in [2.45, 2.75) is 183 Å². The Morgan fingerprint density at radius 1 is 0.289 bits per heavy atom. The molecule has 0 radical (unpaired) electrons. The van der Waals surface area contributed by atoms with E-state index in [2.05, 4.69) is 77.2 Å². The van der Waals surface area contributed by atoms with E-state index in [9.17, 15) is 52.7 Å². The van der Waals surface area contributed by atoms with E-state index in [0.717, 1.165) is 97.3 Å². The van der Waals surface area contributed by atoms with Crippen LogP contribution < -0.4 is 106 Å². The lowest BCUT2D eigenvalue weighted by atomic mass is 10.1. The fourth-order valence-corrected chi connectivity index (χ4v) is 14.1. The van der Waals surface area contributed by atoms with E-state index in [1.807, 2.05) is 55.6 Å². The van der Waals surface area contributed by atoms with E-state index in [0.29, 0.717) is 206 Å². The summed E-state index contributed by atoms with van der Waals surface area (Å²) in [6, 6.07) is 27.1. The van der Waals surface area contributed by atoms with Gasteiger partial charge in [0, 0.05) is 105 Å². The molecule has 0 saturated carbocycles. The molecular formula is C101H170N34O14. The van der Waals surface area contributed by atoms with E-state index in [-0.39, 0.29) is 121 Å². The molecule has 4 heterocycles. The Kier molecular flexibility index (Phi) is 62.3. The first kappa shape index (κ1) is 129. The maximum atomic E-state index is 12.8. The zero-order chi connectivity index (χ0) is 111. The van der Waals surface area contributed by atoms with Crippen LogP contribution in [0.15, 0.2) is 137 Å². The molecule has 4 aliphatic rings. The van der Waals surface area contributed by atoms with Gasteiger partial charge in [-0.15, -0.1) is 0 Å². The van der Waals surface area contributed by atoms with Gasteiger partial charge >= 0.3 is 18.3 Å². The normalized spacial score (nSPS) is 13.9. The second-order valence-corrected chi connectivity index (χ2v) is 37.5. The van der Waals surface area contributed by atoms with Crippen LogP contribution >= 0.6 is 0 Å². The highest BCUT2D eigenvalue weighted by Crippen LogP contribution is 2.28. The van der Waals surface area contributed by atoms with Crippen LogP contribution in [0.3, 0.4) is 0 Å². The van der Waals surface area contributed by atoms with Crippen molar-refractivity contribution in [3.63, 3.8) is 0 Å². The van der Waals surface area contributed by atoms with Crippen LogP contribution in [0.25, 0.3) is 0 Å². The number of carbonyl (C=O) groups is 11. The molecule has 0 unspecified atom stereocenters. The molecule has 11 amide bonds. The van der Waals surface area contributed by atoms with Crippen molar-refractivity contribution in [3.8, 4) is 0 Å². The third kappa shape index (κ3) is 52.6. The lowest BCUT2D eigenvalue weighted by molar-refractivity contribution is 0.0229. The summed E-state index contributed by atoms with van der Waals surface area (Å²) in [6.07, 6.45) is 9.30. The highest BCUT2D eigenvalue weighted by molar-refractivity contribution is 6.23. The summed E-state index contributed by atoms with van der Waals surface area (Å²) >= 11 is 0. The van der Waals surface area contributed by atoms with Gasteiger partial charge in [0.1, 0.15) is 16.8 Å². The Balaban J connectivity index is 0.000000476. The van der Waals surface area contributed by atoms with Crippen LogP contribution in [-0.2, 0) is 14.2 Å². The first-order valence-electron chi connectivity index (χ1n) is 50.8. The van der Waals surface area contributed by atoms with Gasteiger partial charge in [-0.05, 0) is 307 Å². The molecule has 4 aliphatic heterocycles. The van der Waals surface area contributed by atoms with Crippen molar-refractivity contribution in [2.24, 2.45) is 109 Å². The minimum absolute atomic E-state index is 0.133. The smallest absolute Gasteiger partial charge is 0.410 e. The number of nitrogens with zero attached hydrogens (tertiary/aromatic N) is 15. The highest BCUT2D eigenvalue weighted by Gasteiger charge is 2.39. The third-order valence-corrected chi connectivity index (χ3v) is 21.1. The average Bonchev–Trinajstić information content (AvgIpc) is 1.62. The summed E-state index contributed by atoms with van der Waals surface area (Å²) in [7, 11) is 3.82. The minimum atomic E-state index is -0.708. The minimum Gasteiger partial charge on any atom is -0.444 e. The molecule has 31 N–H and O–H groups in total. The van der Waals surface area contributed by atoms with Crippen LogP contribution in [-0.4, -0.2) is 361 Å². The van der Waals surface area contributed by atoms with Crippen LogP contribution in [0.5, 0.6) is 0 Å². The molecule has 0 bridgehead atoms. The summed E-state index contributed by atoms with van der Waals surface area (Å²) in [5, 5.41) is 21.5. The molecule has 0 saturated heterocycles. The molecule has 0 aliphatic carbocycles. The number of nitrogens with one attached hydrogen (secondary N) is 7. The predicted octanol–water partition coefficient (Wildman–Crippen LogP) is 3.14. The molecule has 48 nitrogen and oxygen atoms in total. The second-order valence-electron chi connectivity index (χ2n) is 37.5. The number of ether oxygens (including phenoxy) is 3. The molecule has 0 aromatic heterocycles. The van der Waals surface area contributed by atoms with Crippen molar-refractivity contribution < 1.29 is 67.0 Å². The highest BCUT2D eigenvalue weighted by atomic mass is 16.6. The van der Waals surface area contributed by atoms with Gasteiger partial charge in [-0.1, -0.05) is 48.5 Å². The zero-order valence-electron chi connectivity index (χ0n) is 89.8. The fraction of sp³-hybridized carbons (Fsp3) is 0.574. The van der Waals surface area contributed by atoms with E-state index in [1.54, 1.807) is 141 Å². The SMILES string of the molecule is CC(C)(C)OC(=O)N(CCCN)CCCN.CC(C)(C)OC(=O)N(CCCN1C(=O)c2ccccc2C1=O)CCCN1C(=O)c2ccccc2C1=O.CNCCCN(CCCN=C(N)NC(N)=NCCCN=C(N)N=C(C)N)C(=O)OC(C)(C)C.CNCCCNCCCN=C(N)NC(N)=NCCCN=C(N)N=C(C)N.NCCCNCCCN.O=C1c2ccccc2C(=O)N1CCCNCCCN1C(=O)c2ccccc2C1=O. The summed E-state index contributed by atoms with van der Waals surface area (Å²) in [6.45, 7) is 36.2. The number of hydrogen-bond donors (Lipinski definition) is 19. The van der Waals surface area contributed by atoms with Crippen LogP contribution in [0.2, 0.25) is 0 Å². The van der Waals surface area contributed by atoms with Crippen LogP contribution in [0, 0.1) is 0 Å². The van der Waals surface area contributed by atoms with Crippen molar-refractivity contribution in [1.82, 2.24) is 71.5 Å². The Morgan fingerprint density at radius 2 is 0.510 bits per heavy atom. The maximum Gasteiger partial charge on any atom is 0.410 e. The monoisotopic (exact) mass is 2080 g/mol. The standard InChI is InChI=1S/C27H29N3O6.C22H21N3O4.C20H43N11O2.C15H35N11.C11H25N3O2.C6H17N3/c1-27(2,3)36-26(35)28(14-8-16-29-22(31)18-10-4-5-11-19(18)23(29)32)15-9-17-30-24(33)20-12-6-7-13-21(20)25(30)34;26-19-15-7-1-2-8-16(15)20(27)24(19)13-5-11-23-12-6-14-25-21(28)17-9-3-4-10-18(17)22(25)29;1-15(21)29-16(22)26-10-6-11-27-17(23)30-18(24)28-12-8-14-31(13-7-9-25-5)19(32)33-20(2,3)4;1-12(16)25-13(17)22-10-5-11-24-15(19)26-14(18)23-9-4-8-21-7-3-6-20-2;1-11(2,3)16-10(15)14(8-4-6-12)9-5-7-13;7-3-1-5-9-6-2-4-8/h4-7,10-13H,8-9,14-17H2,1-3H3;1-4,7-10,23H,5-6,11-14H2;25H,6-14H2,1-5H3,(H4,21,22,26,29)(H5,23,24,27,28,30);20-21H,3-11H2,1-2H3,(H4,16,17,22,25)(H5,18,19,23,24,26);4-9,12-13H2,1-3H3;9H,1-8H2. The van der Waals surface area contributed by atoms with Gasteiger partial charge in [-0.25, -0.2) is 24.4 Å². The molecule has 8 rings (SSSR count). The van der Waals surface area contributed by atoms with Crippen LogP contribution in [0.1, 0.15) is 249 Å². The summed E-state index contributed by atoms with van der Waals surface area (Å²) in [5.41, 5.74) is 68.2. The molecule has 48 heteroatoms. The summed E-state index contributed by atoms with van der Waals surface area (Å²) < 4.78 is 16.3. The summed E-state index contributed by atoms with van der Waals surface area (Å²) in [4.78, 5) is 179. The molecule has 149 heavy (non-hydrogen) atoms. The third-order valence-electron chi connectivity index (χ3n) is 21.1. The number of amidine groups is 2. The van der Waals surface area contributed by atoms with Gasteiger partial charge in [-0.3, -0.25) is 98.5 Å². The first-order chi connectivity index (χ1) is 70.9. The number of fused-ring (bicyclic) bond motifs is 4. The first-order valence-corrected chi connectivity index (χ1v) is 50.8. The topological polar surface area (TPSA) is 733 Å². The number of guanidine groups is 6. The largest absolute Gasteiger partial charge is 0.444 e. The Labute approximate surface area is 877 Å². The number of amides is 11. The number of benzene rings is 4. The second kappa shape index (κ2) is 71.8. The number of imide groups is 4. The van der Waals surface area contributed by atoms with Gasteiger partial charge in [0.15, 0.2) is 23.8 Å². The predicted molar refractivity (Wildman–Crippen MR) is 588 cm³/mol. The lowest BCUT2D eigenvalue weighted by Crippen LogP contribution is -2.42. The van der Waals surface area contributed by atoms with Gasteiger partial charge in [0.25, 0.3) is 47.3 Å². The van der Waals surface area contributed by atoms with E-state index < -0.39 is 22.9 Å². The molecule has 4 aromatic carbocycles. The van der Waals surface area contributed by atoms with Crippen LogP contribution in [0.4, 0.5) is 14.4 Å². The molecular weight excluding hydrogens is 1910 g/mol. The zero-order valence-corrected chi connectivity index (χ0v) is 89.8. The van der Waals surface area contributed by atoms with Gasteiger partial charge in [0.05, 0.1) is 56.2 Å². The summed E-state index contributed by atoms with van der Waals surface area (Å²) in [5.74, 6) is -0.509. The maximum absolute atomic E-state index is 12.8. The fourth-order valence-electron chi connectivity index (χ4n) is 14.1. The van der Waals surface area contributed by atoms with E-state index >= 15 is 0 Å². The number of aliphatic imine (C=N–C) groups is 8. The average molecular weight is 2080 g/mol.